The smallest absolute Gasteiger partial charge is 0.138 e. The third-order valence-corrected chi connectivity index (χ3v) is 2.96. The van der Waals surface area contributed by atoms with E-state index in [2.05, 4.69) is 14.9 Å². The number of nitrogens with zero attached hydrogens (tertiary/aromatic N) is 2. The molecule has 1 unspecified atom stereocenters. The van der Waals surface area contributed by atoms with Gasteiger partial charge in [-0.15, -0.1) is 0 Å². The van der Waals surface area contributed by atoms with Gasteiger partial charge in [0.25, 0.3) is 0 Å². The van der Waals surface area contributed by atoms with E-state index in [0.29, 0.717) is 0 Å². The van der Waals surface area contributed by atoms with Gasteiger partial charge in [0.1, 0.15) is 11.9 Å². The van der Waals surface area contributed by atoms with Crippen LogP contribution in [0.3, 0.4) is 0 Å². The van der Waals surface area contributed by atoms with Gasteiger partial charge in [-0.3, -0.25) is 0 Å². The van der Waals surface area contributed by atoms with E-state index in [-0.39, 0.29) is 11.6 Å². The SMILES string of the molecule is OC1CC2(CNC2)n2ccnc21. The zero-order valence-corrected chi connectivity index (χ0v) is 6.70. The number of hydrogen-bond acceptors (Lipinski definition) is 3. The number of hydrogen-bond donors (Lipinski definition) is 2. The lowest BCUT2D eigenvalue weighted by atomic mass is 9.89. The topological polar surface area (TPSA) is 50.1 Å². The van der Waals surface area contributed by atoms with Gasteiger partial charge in [-0.2, -0.15) is 0 Å². The van der Waals surface area contributed by atoms with Crippen LogP contribution in [0.15, 0.2) is 12.4 Å². The van der Waals surface area contributed by atoms with Crippen molar-refractivity contribution in [2.45, 2.75) is 18.1 Å². The van der Waals surface area contributed by atoms with Crippen molar-refractivity contribution in [2.75, 3.05) is 13.1 Å². The molecule has 2 N–H and O–H groups in total. The summed E-state index contributed by atoms with van der Waals surface area (Å²) in [6.45, 7) is 1.93. The van der Waals surface area contributed by atoms with Crippen LogP contribution in [0.4, 0.5) is 0 Å². The molecule has 12 heavy (non-hydrogen) atoms. The summed E-state index contributed by atoms with van der Waals surface area (Å²) in [5.41, 5.74) is 0.144. The Morgan fingerprint density at radius 3 is 3.17 bits per heavy atom. The molecule has 1 fully saturated rings. The van der Waals surface area contributed by atoms with Crippen LogP contribution in [0.5, 0.6) is 0 Å². The van der Waals surface area contributed by atoms with Crippen LogP contribution < -0.4 is 5.32 Å². The summed E-state index contributed by atoms with van der Waals surface area (Å²) >= 11 is 0. The molecule has 4 heteroatoms. The highest BCUT2D eigenvalue weighted by Gasteiger charge is 2.47. The fourth-order valence-corrected chi connectivity index (χ4v) is 2.24. The summed E-state index contributed by atoms with van der Waals surface area (Å²) in [5, 5.41) is 12.9. The summed E-state index contributed by atoms with van der Waals surface area (Å²) in [6.07, 6.45) is 4.19. The quantitative estimate of drug-likeness (QED) is 0.551. The largest absolute Gasteiger partial charge is 0.385 e. The van der Waals surface area contributed by atoms with Crippen molar-refractivity contribution in [3.05, 3.63) is 18.2 Å². The molecule has 4 nitrogen and oxygen atoms in total. The first-order valence-electron chi connectivity index (χ1n) is 4.24. The van der Waals surface area contributed by atoms with Gasteiger partial charge in [-0.25, -0.2) is 4.98 Å². The third-order valence-electron chi connectivity index (χ3n) is 2.96. The Bertz CT molecular complexity index is 316. The molecule has 3 rings (SSSR count). The molecule has 2 aliphatic heterocycles. The standard InChI is InChI=1S/C8H11N3O/c12-6-3-8(4-9-5-8)11-2-1-10-7(6)11/h1-2,6,9,12H,3-5H2. The minimum Gasteiger partial charge on any atom is -0.385 e. The number of rotatable bonds is 0. The highest BCUT2D eigenvalue weighted by atomic mass is 16.3. The molecule has 0 radical (unpaired) electrons. The molecular weight excluding hydrogens is 154 g/mol. The van der Waals surface area contributed by atoms with Gasteiger partial charge >= 0.3 is 0 Å². The highest BCUT2D eigenvalue weighted by Crippen LogP contribution is 2.40. The summed E-state index contributed by atoms with van der Waals surface area (Å²) in [4.78, 5) is 4.14. The Balaban J connectivity index is 2.13. The Labute approximate surface area is 70.2 Å². The number of aromatic nitrogens is 2. The van der Waals surface area contributed by atoms with E-state index in [0.717, 1.165) is 25.3 Å². The minimum atomic E-state index is -0.359. The fraction of sp³-hybridized carbons (Fsp3) is 0.625. The van der Waals surface area contributed by atoms with E-state index in [1.54, 1.807) is 6.20 Å². The molecule has 1 aromatic heterocycles. The molecule has 0 amide bonds. The molecule has 1 atom stereocenters. The van der Waals surface area contributed by atoms with Crippen LogP contribution >= 0.6 is 0 Å². The normalized spacial score (nSPS) is 30.2. The van der Waals surface area contributed by atoms with Crippen molar-refractivity contribution < 1.29 is 5.11 Å². The van der Waals surface area contributed by atoms with E-state index in [9.17, 15) is 5.11 Å². The van der Waals surface area contributed by atoms with Crippen LogP contribution in [-0.4, -0.2) is 27.7 Å². The predicted octanol–water partition coefficient (Wildman–Crippen LogP) is -0.381. The number of aliphatic hydroxyl groups is 1. The molecule has 1 spiro atoms. The van der Waals surface area contributed by atoms with Gasteiger partial charge in [0.15, 0.2) is 0 Å². The molecule has 64 valence electrons. The average molecular weight is 165 g/mol. The van der Waals surface area contributed by atoms with Crippen molar-refractivity contribution >= 4 is 0 Å². The minimum absolute atomic E-state index is 0.144. The summed E-state index contributed by atoms with van der Waals surface area (Å²) in [5.74, 6) is 0.830. The first-order chi connectivity index (χ1) is 5.82. The second kappa shape index (κ2) is 1.89. The van der Waals surface area contributed by atoms with Crippen molar-refractivity contribution in [2.24, 2.45) is 0 Å². The van der Waals surface area contributed by atoms with Crippen molar-refractivity contribution in [1.29, 1.82) is 0 Å². The van der Waals surface area contributed by atoms with E-state index in [1.165, 1.54) is 0 Å². The predicted molar refractivity (Wildman–Crippen MR) is 42.6 cm³/mol. The Kier molecular flexibility index (Phi) is 1.04. The number of fused-ring (bicyclic) bond motifs is 2. The highest BCUT2D eigenvalue weighted by molar-refractivity contribution is 5.16. The molecule has 0 aliphatic carbocycles. The van der Waals surface area contributed by atoms with Crippen molar-refractivity contribution in [1.82, 2.24) is 14.9 Å². The number of aliphatic hydroxyl groups excluding tert-OH is 1. The third kappa shape index (κ3) is 0.585. The van der Waals surface area contributed by atoms with Crippen LogP contribution in [0.1, 0.15) is 18.3 Å². The monoisotopic (exact) mass is 165 g/mol. The van der Waals surface area contributed by atoms with Gasteiger partial charge < -0.3 is 15.0 Å². The first-order valence-corrected chi connectivity index (χ1v) is 4.24. The molecular formula is C8H11N3O. The van der Waals surface area contributed by atoms with Gasteiger partial charge in [-0.05, 0) is 0 Å². The van der Waals surface area contributed by atoms with Gasteiger partial charge in [0, 0.05) is 31.9 Å². The van der Waals surface area contributed by atoms with Crippen LogP contribution in [-0.2, 0) is 5.54 Å². The van der Waals surface area contributed by atoms with Gasteiger partial charge in [-0.1, -0.05) is 0 Å². The lowest BCUT2D eigenvalue weighted by Gasteiger charge is -2.40. The second-order valence-electron chi connectivity index (χ2n) is 3.70. The molecule has 1 saturated heterocycles. The number of imidazole rings is 1. The van der Waals surface area contributed by atoms with Crippen molar-refractivity contribution in [3.8, 4) is 0 Å². The Morgan fingerprint density at radius 1 is 1.67 bits per heavy atom. The van der Waals surface area contributed by atoms with Crippen molar-refractivity contribution in [3.63, 3.8) is 0 Å². The van der Waals surface area contributed by atoms with E-state index >= 15 is 0 Å². The molecule has 3 heterocycles. The Hall–Kier alpha value is -0.870. The zero-order chi connectivity index (χ0) is 8.18. The summed E-state index contributed by atoms with van der Waals surface area (Å²) < 4.78 is 2.12. The molecule has 0 bridgehead atoms. The lowest BCUT2D eigenvalue weighted by molar-refractivity contribution is 0.113. The zero-order valence-electron chi connectivity index (χ0n) is 6.70. The summed E-state index contributed by atoms with van der Waals surface area (Å²) in [6, 6.07) is 0. The van der Waals surface area contributed by atoms with E-state index in [4.69, 9.17) is 0 Å². The average Bonchev–Trinajstić information content (AvgIpc) is 2.49. The molecule has 0 saturated carbocycles. The van der Waals surface area contributed by atoms with E-state index < -0.39 is 0 Å². The first kappa shape index (κ1) is 6.62. The number of nitrogens with one attached hydrogen (secondary N) is 1. The second-order valence-corrected chi connectivity index (χ2v) is 3.70. The van der Waals surface area contributed by atoms with Gasteiger partial charge in [0.2, 0.25) is 0 Å². The van der Waals surface area contributed by atoms with E-state index in [1.807, 2.05) is 6.20 Å². The fourth-order valence-electron chi connectivity index (χ4n) is 2.24. The maximum absolute atomic E-state index is 9.66. The Morgan fingerprint density at radius 2 is 2.50 bits per heavy atom. The molecule has 0 aromatic carbocycles. The molecule has 1 aromatic rings. The van der Waals surface area contributed by atoms with Crippen LogP contribution in [0, 0.1) is 0 Å². The summed E-state index contributed by atoms with van der Waals surface area (Å²) in [7, 11) is 0. The van der Waals surface area contributed by atoms with Crippen LogP contribution in [0.2, 0.25) is 0 Å². The molecule has 2 aliphatic rings. The lowest BCUT2D eigenvalue weighted by Crippen LogP contribution is -2.58. The van der Waals surface area contributed by atoms with Crippen LogP contribution in [0.25, 0.3) is 0 Å². The maximum atomic E-state index is 9.66. The van der Waals surface area contributed by atoms with Gasteiger partial charge in [0.05, 0.1) is 5.54 Å². The maximum Gasteiger partial charge on any atom is 0.138 e.